The summed E-state index contributed by atoms with van der Waals surface area (Å²) >= 11 is 3.46. The van der Waals surface area contributed by atoms with Gasteiger partial charge in [-0.15, -0.1) is 0 Å². The van der Waals surface area contributed by atoms with Crippen molar-refractivity contribution in [1.29, 1.82) is 0 Å². The first-order chi connectivity index (χ1) is 7.66. The van der Waals surface area contributed by atoms with E-state index >= 15 is 0 Å². The van der Waals surface area contributed by atoms with E-state index in [1.165, 1.54) is 0 Å². The Kier molecular flexibility index (Phi) is 2.30. The molecule has 0 amide bonds. The lowest BCUT2D eigenvalue weighted by atomic mass is 10.1. The van der Waals surface area contributed by atoms with E-state index in [1.807, 2.05) is 12.1 Å². The van der Waals surface area contributed by atoms with Gasteiger partial charge in [-0.25, -0.2) is 0 Å². The minimum atomic E-state index is 0.0806. The third-order valence-corrected chi connectivity index (χ3v) is 3.75. The first-order valence-corrected chi connectivity index (χ1v) is 6.28. The summed E-state index contributed by atoms with van der Waals surface area (Å²) in [6.07, 6.45) is 4.19. The second-order valence-electron chi connectivity index (χ2n) is 4.63. The van der Waals surface area contributed by atoms with Crippen LogP contribution in [0.4, 0.5) is 0 Å². The standard InChI is InChI=1S/C12H13BrN2O/c13-8-1-2-11-9(7-8)10(15-16-11)3-4-12(14)5-6-12/h1-2,7H,3-6,14H2. The lowest BCUT2D eigenvalue weighted by Gasteiger charge is -2.05. The van der Waals surface area contributed by atoms with Crippen LogP contribution in [0, 0.1) is 0 Å². The SMILES string of the molecule is NC1(CCc2noc3ccc(Br)cc23)CC1. The fourth-order valence-corrected chi connectivity index (χ4v) is 2.28. The molecule has 1 fully saturated rings. The van der Waals surface area contributed by atoms with Crippen molar-refractivity contribution in [2.75, 3.05) is 0 Å². The zero-order valence-electron chi connectivity index (χ0n) is 8.87. The molecule has 16 heavy (non-hydrogen) atoms. The second kappa shape index (κ2) is 3.57. The van der Waals surface area contributed by atoms with E-state index in [0.29, 0.717) is 0 Å². The predicted octanol–water partition coefficient (Wildman–Crippen LogP) is 3.01. The van der Waals surface area contributed by atoms with E-state index in [-0.39, 0.29) is 5.54 Å². The van der Waals surface area contributed by atoms with Crippen molar-refractivity contribution in [2.24, 2.45) is 5.73 Å². The molecule has 1 aliphatic carbocycles. The van der Waals surface area contributed by atoms with Gasteiger partial charge in [-0.2, -0.15) is 0 Å². The van der Waals surface area contributed by atoms with Gasteiger partial charge in [0.15, 0.2) is 5.58 Å². The van der Waals surface area contributed by atoms with Crippen LogP contribution in [0.2, 0.25) is 0 Å². The van der Waals surface area contributed by atoms with E-state index in [9.17, 15) is 0 Å². The molecule has 84 valence electrons. The lowest BCUT2D eigenvalue weighted by molar-refractivity contribution is 0.441. The van der Waals surface area contributed by atoms with Crippen LogP contribution < -0.4 is 5.73 Å². The molecule has 2 aromatic rings. The van der Waals surface area contributed by atoms with Crippen LogP contribution in [0.3, 0.4) is 0 Å². The maximum atomic E-state index is 6.07. The number of aryl methyl sites for hydroxylation is 1. The number of benzene rings is 1. The highest BCUT2D eigenvalue weighted by atomic mass is 79.9. The first-order valence-electron chi connectivity index (χ1n) is 5.49. The summed E-state index contributed by atoms with van der Waals surface area (Å²) in [6, 6.07) is 5.95. The summed E-state index contributed by atoms with van der Waals surface area (Å²) in [7, 11) is 0. The molecule has 0 saturated heterocycles. The molecule has 3 rings (SSSR count). The summed E-state index contributed by atoms with van der Waals surface area (Å²) in [6.45, 7) is 0. The maximum Gasteiger partial charge on any atom is 0.167 e. The molecule has 0 unspecified atom stereocenters. The van der Waals surface area contributed by atoms with E-state index in [4.69, 9.17) is 10.3 Å². The van der Waals surface area contributed by atoms with Crippen molar-refractivity contribution in [3.05, 3.63) is 28.4 Å². The molecule has 1 heterocycles. The molecular weight excluding hydrogens is 268 g/mol. The van der Waals surface area contributed by atoms with Crippen molar-refractivity contribution in [1.82, 2.24) is 5.16 Å². The van der Waals surface area contributed by atoms with Crippen LogP contribution in [0.1, 0.15) is 25.0 Å². The molecule has 0 spiro atoms. The highest BCUT2D eigenvalue weighted by Gasteiger charge is 2.37. The zero-order valence-corrected chi connectivity index (χ0v) is 10.5. The number of aromatic nitrogens is 1. The van der Waals surface area contributed by atoms with Gasteiger partial charge in [-0.1, -0.05) is 21.1 Å². The Morgan fingerprint density at radius 3 is 3.00 bits per heavy atom. The summed E-state index contributed by atoms with van der Waals surface area (Å²) in [5, 5.41) is 5.21. The van der Waals surface area contributed by atoms with E-state index in [2.05, 4.69) is 27.2 Å². The number of nitrogens with zero attached hydrogens (tertiary/aromatic N) is 1. The van der Waals surface area contributed by atoms with Crippen LogP contribution in [0.15, 0.2) is 27.2 Å². The predicted molar refractivity (Wildman–Crippen MR) is 66.2 cm³/mol. The third-order valence-electron chi connectivity index (χ3n) is 3.26. The minimum Gasteiger partial charge on any atom is -0.356 e. The molecule has 1 aliphatic rings. The normalized spacial score (nSPS) is 17.9. The van der Waals surface area contributed by atoms with Gasteiger partial charge in [0.1, 0.15) is 0 Å². The van der Waals surface area contributed by atoms with Crippen LogP contribution >= 0.6 is 15.9 Å². The summed E-state index contributed by atoms with van der Waals surface area (Å²) in [5.41, 5.74) is 8.02. The average molecular weight is 281 g/mol. The van der Waals surface area contributed by atoms with Crippen molar-refractivity contribution in [3.63, 3.8) is 0 Å². The largest absolute Gasteiger partial charge is 0.356 e. The monoisotopic (exact) mass is 280 g/mol. The van der Waals surface area contributed by atoms with E-state index in [1.54, 1.807) is 0 Å². The number of hydrogen-bond acceptors (Lipinski definition) is 3. The maximum absolute atomic E-state index is 6.07. The van der Waals surface area contributed by atoms with Crippen LogP contribution in [0.5, 0.6) is 0 Å². The molecule has 2 N–H and O–H groups in total. The van der Waals surface area contributed by atoms with Gasteiger partial charge in [-0.05, 0) is 43.9 Å². The Hall–Kier alpha value is -0.870. The third kappa shape index (κ3) is 1.87. The fourth-order valence-electron chi connectivity index (χ4n) is 1.92. The van der Waals surface area contributed by atoms with Crippen molar-refractivity contribution >= 4 is 26.9 Å². The average Bonchev–Trinajstić information content (AvgIpc) is 2.87. The van der Waals surface area contributed by atoms with Crippen molar-refractivity contribution in [2.45, 2.75) is 31.2 Å². The lowest BCUT2D eigenvalue weighted by Crippen LogP contribution is -2.22. The number of hydrogen-bond donors (Lipinski definition) is 1. The Morgan fingerprint density at radius 2 is 2.25 bits per heavy atom. The Labute approximate surface area is 102 Å². The quantitative estimate of drug-likeness (QED) is 0.940. The molecular formula is C12H13BrN2O. The van der Waals surface area contributed by atoms with Gasteiger partial charge in [-0.3, -0.25) is 0 Å². The highest BCUT2D eigenvalue weighted by Crippen LogP contribution is 2.37. The number of rotatable bonds is 3. The number of nitrogens with two attached hydrogens (primary N) is 1. The summed E-state index contributed by atoms with van der Waals surface area (Å²) < 4.78 is 6.33. The van der Waals surface area contributed by atoms with Gasteiger partial charge in [0, 0.05) is 15.4 Å². The number of fused-ring (bicyclic) bond motifs is 1. The molecule has 0 aliphatic heterocycles. The minimum absolute atomic E-state index is 0.0806. The molecule has 4 heteroatoms. The van der Waals surface area contributed by atoms with Crippen LogP contribution in [0.25, 0.3) is 11.0 Å². The van der Waals surface area contributed by atoms with E-state index < -0.39 is 0 Å². The zero-order chi connectivity index (χ0) is 11.2. The van der Waals surface area contributed by atoms with Gasteiger partial charge < -0.3 is 10.3 Å². The van der Waals surface area contributed by atoms with Gasteiger partial charge in [0.25, 0.3) is 0 Å². The second-order valence-corrected chi connectivity index (χ2v) is 5.55. The highest BCUT2D eigenvalue weighted by molar-refractivity contribution is 9.10. The molecule has 3 nitrogen and oxygen atoms in total. The molecule has 0 bridgehead atoms. The fraction of sp³-hybridized carbons (Fsp3) is 0.417. The van der Waals surface area contributed by atoms with Crippen molar-refractivity contribution in [3.8, 4) is 0 Å². The molecule has 1 aromatic carbocycles. The van der Waals surface area contributed by atoms with Gasteiger partial charge in [0.2, 0.25) is 0 Å². The first kappa shape index (κ1) is 10.3. The Balaban J connectivity index is 1.88. The Bertz CT molecular complexity index is 531. The summed E-state index contributed by atoms with van der Waals surface area (Å²) in [5.74, 6) is 0. The smallest absolute Gasteiger partial charge is 0.167 e. The van der Waals surface area contributed by atoms with Crippen LogP contribution in [-0.2, 0) is 6.42 Å². The number of halogens is 1. The summed E-state index contributed by atoms with van der Waals surface area (Å²) in [4.78, 5) is 0. The molecule has 0 radical (unpaired) electrons. The molecule has 1 saturated carbocycles. The molecule has 1 aromatic heterocycles. The van der Waals surface area contributed by atoms with Crippen molar-refractivity contribution < 1.29 is 4.52 Å². The molecule has 0 atom stereocenters. The van der Waals surface area contributed by atoms with Gasteiger partial charge in [0.05, 0.1) is 5.69 Å². The van der Waals surface area contributed by atoms with Crippen LogP contribution in [-0.4, -0.2) is 10.7 Å². The van der Waals surface area contributed by atoms with E-state index in [0.717, 1.165) is 46.8 Å². The Morgan fingerprint density at radius 1 is 1.44 bits per heavy atom. The van der Waals surface area contributed by atoms with Gasteiger partial charge >= 0.3 is 0 Å². The topological polar surface area (TPSA) is 52.0 Å².